The molecule has 0 fully saturated rings. The lowest BCUT2D eigenvalue weighted by Crippen LogP contribution is -2.27. The largest absolute Gasteiger partial charge is 0.492 e. The van der Waals surface area contributed by atoms with Gasteiger partial charge in [-0.2, -0.15) is 10.5 Å². The van der Waals surface area contributed by atoms with E-state index < -0.39 is 0 Å². The zero-order chi connectivity index (χ0) is 18.8. The predicted molar refractivity (Wildman–Crippen MR) is 104 cm³/mol. The maximum Gasteiger partial charge on any atom is 0.119 e. The van der Waals surface area contributed by atoms with E-state index in [4.69, 9.17) is 10.00 Å². The molecule has 0 saturated heterocycles. The summed E-state index contributed by atoms with van der Waals surface area (Å²) in [6.07, 6.45) is 1.82. The Balaban J connectivity index is 2.04. The zero-order valence-electron chi connectivity index (χ0n) is 15.3. The Morgan fingerprint density at radius 1 is 1.00 bits per heavy atom. The van der Waals surface area contributed by atoms with Crippen LogP contribution in [0.25, 0.3) is 11.6 Å². The smallest absolute Gasteiger partial charge is 0.119 e. The van der Waals surface area contributed by atoms with Crippen LogP contribution in [-0.4, -0.2) is 31.1 Å². The van der Waals surface area contributed by atoms with E-state index in [2.05, 4.69) is 30.9 Å². The van der Waals surface area contributed by atoms with Crippen molar-refractivity contribution in [3.05, 3.63) is 65.2 Å². The Bertz CT molecular complexity index is 804. The minimum absolute atomic E-state index is 0.574. The summed E-state index contributed by atoms with van der Waals surface area (Å²) in [7, 11) is 0. The van der Waals surface area contributed by atoms with Gasteiger partial charge in [0.05, 0.1) is 23.3 Å². The number of nitrogens with zero attached hydrogens (tertiary/aromatic N) is 3. The molecule has 132 valence electrons. The molecule has 0 saturated carbocycles. The second-order valence-corrected chi connectivity index (χ2v) is 5.80. The summed E-state index contributed by atoms with van der Waals surface area (Å²) in [5, 5.41) is 18.3. The van der Waals surface area contributed by atoms with E-state index in [1.807, 2.05) is 42.5 Å². The fourth-order valence-electron chi connectivity index (χ4n) is 2.56. The van der Waals surface area contributed by atoms with E-state index >= 15 is 0 Å². The van der Waals surface area contributed by atoms with Crippen LogP contribution in [0.2, 0.25) is 0 Å². The van der Waals surface area contributed by atoms with Crippen LogP contribution in [0, 0.1) is 22.7 Å². The predicted octanol–water partition coefficient (Wildman–Crippen LogP) is 4.34. The highest BCUT2D eigenvalue weighted by atomic mass is 16.5. The van der Waals surface area contributed by atoms with Crippen molar-refractivity contribution >= 4 is 11.6 Å². The van der Waals surface area contributed by atoms with Crippen molar-refractivity contribution in [3.8, 4) is 17.9 Å². The van der Waals surface area contributed by atoms with Crippen LogP contribution >= 0.6 is 0 Å². The van der Waals surface area contributed by atoms with Gasteiger partial charge in [0.2, 0.25) is 0 Å². The molecular formula is C22H23N3O. The Labute approximate surface area is 155 Å². The van der Waals surface area contributed by atoms with E-state index in [0.29, 0.717) is 17.7 Å². The first-order valence-corrected chi connectivity index (χ1v) is 8.77. The molecule has 0 aromatic heterocycles. The van der Waals surface area contributed by atoms with Crippen LogP contribution in [0.3, 0.4) is 0 Å². The number of benzene rings is 2. The molecule has 4 nitrogen and oxygen atoms in total. The molecule has 0 N–H and O–H groups in total. The topological polar surface area (TPSA) is 60.0 Å². The molecule has 0 atom stereocenters. The second kappa shape index (κ2) is 10.0. The third-order valence-electron chi connectivity index (χ3n) is 4.21. The van der Waals surface area contributed by atoms with Gasteiger partial charge >= 0.3 is 0 Å². The van der Waals surface area contributed by atoms with Crippen molar-refractivity contribution in [2.24, 2.45) is 0 Å². The maximum atomic E-state index is 9.46. The van der Waals surface area contributed by atoms with Crippen LogP contribution < -0.4 is 4.74 Å². The number of hydrogen-bond donors (Lipinski definition) is 0. The van der Waals surface area contributed by atoms with Crippen molar-refractivity contribution in [1.29, 1.82) is 10.5 Å². The molecule has 0 radical (unpaired) electrons. The molecule has 0 unspecified atom stereocenters. The quantitative estimate of drug-likeness (QED) is 0.527. The molecule has 2 aromatic carbocycles. The van der Waals surface area contributed by atoms with Crippen LogP contribution in [0.4, 0.5) is 0 Å². The molecule has 0 heterocycles. The number of likely N-dealkylation sites (N-methyl/N-ethyl adjacent to an activating group) is 1. The molecule has 2 aromatic rings. The first-order valence-electron chi connectivity index (χ1n) is 8.77. The molecule has 0 aliphatic rings. The van der Waals surface area contributed by atoms with Crippen LogP contribution in [-0.2, 0) is 0 Å². The Hall–Kier alpha value is -3.08. The van der Waals surface area contributed by atoms with Gasteiger partial charge < -0.3 is 9.64 Å². The van der Waals surface area contributed by atoms with Crippen molar-refractivity contribution in [1.82, 2.24) is 4.90 Å². The molecule has 0 aliphatic heterocycles. The van der Waals surface area contributed by atoms with Gasteiger partial charge in [-0.25, -0.2) is 0 Å². The minimum Gasteiger partial charge on any atom is -0.492 e. The van der Waals surface area contributed by atoms with Crippen molar-refractivity contribution < 1.29 is 4.74 Å². The first kappa shape index (κ1) is 19.2. The lowest BCUT2D eigenvalue weighted by atomic mass is 10.0. The lowest BCUT2D eigenvalue weighted by molar-refractivity contribution is 0.223. The third kappa shape index (κ3) is 5.48. The van der Waals surface area contributed by atoms with Crippen molar-refractivity contribution in [2.45, 2.75) is 13.8 Å². The van der Waals surface area contributed by atoms with Gasteiger partial charge in [0.15, 0.2) is 0 Å². The van der Waals surface area contributed by atoms with E-state index in [-0.39, 0.29) is 0 Å². The highest BCUT2D eigenvalue weighted by Gasteiger charge is 2.03. The second-order valence-electron chi connectivity index (χ2n) is 5.80. The lowest BCUT2D eigenvalue weighted by Gasteiger charge is -2.18. The summed E-state index contributed by atoms with van der Waals surface area (Å²) in [5.74, 6) is 0.802. The van der Waals surface area contributed by atoms with E-state index in [9.17, 15) is 5.26 Å². The average Bonchev–Trinajstić information content (AvgIpc) is 2.70. The zero-order valence-corrected chi connectivity index (χ0v) is 15.3. The van der Waals surface area contributed by atoms with Crippen LogP contribution in [0.15, 0.2) is 48.5 Å². The van der Waals surface area contributed by atoms with Gasteiger partial charge in [0.1, 0.15) is 12.4 Å². The molecule has 2 rings (SSSR count). The summed E-state index contributed by atoms with van der Waals surface area (Å²) in [6.45, 7) is 7.86. The Morgan fingerprint density at radius 2 is 1.65 bits per heavy atom. The van der Waals surface area contributed by atoms with Crippen LogP contribution in [0.1, 0.15) is 30.5 Å². The van der Waals surface area contributed by atoms with Crippen LogP contribution in [0.5, 0.6) is 5.75 Å². The normalized spacial score (nSPS) is 11.0. The maximum absolute atomic E-state index is 9.46. The van der Waals surface area contributed by atoms with Gasteiger partial charge in [-0.15, -0.1) is 0 Å². The highest BCUT2D eigenvalue weighted by Crippen LogP contribution is 2.21. The summed E-state index contributed by atoms with van der Waals surface area (Å²) < 4.78 is 5.78. The Morgan fingerprint density at radius 3 is 2.19 bits per heavy atom. The molecular weight excluding hydrogens is 322 g/mol. The average molecular weight is 345 g/mol. The molecule has 0 spiro atoms. The van der Waals surface area contributed by atoms with Gasteiger partial charge in [0.25, 0.3) is 0 Å². The summed E-state index contributed by atoms with van der Waals surface area (Å²) >= 11 is 0. The van der Waals surface area contributed by atoms with Gasteiger partial charge in [-0.3, -0.25) is 0 Å². The number of allylic oxidation sites excluding steroid dienone is 1. The fraction of sp³-hybridized carbons (Fsp3) is 0.273. The SMILES string of the molecule is CCN(CC)CCOc1ccc(/C(C#N)=C/c2ccc(C#N)cc2)cc1. The fourth-order valence-corrected chi connectivity index (χ4v) is 2.56. The summed E-state index contributed by atoms with van der Waals surface area (Å²) in [4.78, 5) is 2.31. The monoisotopic (exact) mass is 345 g/mol. The molecule has 26 heavy (non-hydrogen) atoms. The standard InChI is InChI=1S/C22H23N3O/c1-3-25(4-2)13-14-26-22-11-9-20(10-12-22)21(17-24)15-18-5-7-19(16-23)8-6-18/h5-12,15H,3-4,13-14H2,1-2H3/b21-15+. The number of hydrogen-bond acceptors (Lipinski definition) is 4. The van der Waals surface area contributed by atoms with E-state index in [1.165, 1.54) is 0 Å². The summed E-state index contributed by atoms with van der Waals surface area (Å²) in [6, 6.07) is 19.0. The number of rotatable bonds is 8. The molecule has 0 amide bonds. The van der Waals surface area contributed by atoms with E-state index in [1.54, 1.807) is 12.1 Å². The first-order chi connectivity index (χ1) is 12.7. The van der Waals surface area contributed by atoms with Crippen molar-refractivity contribution in [2.75, 3.05) is 26.2 Å². The Kier molecular flexibility index (Phi) is 7.43. The van der Waals surface area contributed by atoms with Crippen molar-refractivity contribution in [3.63, 3.8) is 0 Å². The molecule has 0 bridgehead atoms. The molecule has 4 heteroatoms. The third-order valence-corrected chi connectivity index (χ3v) is 4.21. The number of ether oxygens (including phenoxy) is 1. The van der Waals surface area contributed by atoms with E-state index in [0.717, 1.165) is 36.5 Å². The van der Waals surface area contributed by atoms with Gasteiger partial charge in [-0.1, -0.05) is 26.0 Å². The summed E-state index contributed by atoms with van der Waals surface area (Å²) in [5.41, 5.74) is 2.91. The molecule has 0 aliphatic carbocycles. The van der Waals surface area contributed by atoms with Gasteiger partial charge in [0, 0.05) is 6.54 Å². The van der Waals surface area contributed by atoms with Gasteiger partial charge in [-0.05, 0) is 66.7 Å². The minimum atomic E-state index is 0.574. The number of nitriles is 2. The highest BCUT2D eigenvalue weighted by molar-refractivity contribution is 5.89.